The maximum Gasteiger partial charge on any atom is 0.254 e. The summed E-state index contributed by atoms with van der Waals surface area (Å²) in [4.78, 5) is 29.1. The topological polar surface area (TPSA) is 79.3 Å². The van der Waals surface area contributed by atoms with Crippen molar-refractivity contribution in [1.82, 2.24) is 9.80 Å². The van der Waals surface area contributed by atoms with Gasteiger partial charge in [0.15, 0.2) is 11.5 Å². The Morgan fingerprint density at radius 1 is 1.14 bits per heavy atom. The zero-order valence-electron chi connectivity index (χ0n) is 15.5. The summed E-state index contributed by atoms with van der Waals surface area (Å²) in [6.45, 7) is 0.478. The number of fused-ring (bicyclic) bond motifs is 2. The lowest BCUT2D eigenvalue weighted by atomic mass is 9.73. The first-order valence-electron chi connectivity index (χ1n) is 9.43. The number of hydrogen-bond donors (Lipinski definition) is 1. The van der Waals surface area contributed by atoms with Crippen molar-refractivity contribution >= 4 is 27.7 Å². The van der Waals surface area contributed by atoms with E-state index in [-0.39, 0.29) is 49.8 Å². The number of rotatable bonds is 3. The fourth-order valence-electron chi connectivity index (χ4n) is 4.55. The van der Waals surface area contributed by atoms with Gasteiger partial charge in [-0.25, -0.2) is 0 Å². The van der Waals surface area contributed by atoms with E-state index in [2.05, 4.69) is 15.9 Å². The lowest BCUT2D eigenvalue weighted by Crippen LogP contribution is -2.73. The van der Waals surface area contributed by atoms with Crippen LogP contribution in [0.4, 0.5) is 0 Å². The Morgan fingerprint density at radius 2 is 1.90 bits per heavy atom. The minimum absolute atomic E-state index is 0.00727. The number of amides is 2. The van der Waals surface area contributed by atoms with Gasteiger partial charge in [0.05, 0.1) is 18.7 Å². The molecular formula is C21H19BrN2O5. The molecule has 1 N–H and O–H groups in total. The van der Waals surface area contributed by atoms with E-state index >= 15 is 0 Å². The van der Waals surface area contributed by atoms with Crippen molar-refractivity contribution in [2.24, 2.45) is 0 Å². The van der Waals surface area contributed by atoms with E-state index in [1.54, 1.807) is 28.0 Å². The van der Waals surface area contributed by atoms with Gasteiger partial charge in [0.2, 0.25) is 12.7 Å². The van der Waals surface area contributed by atoms with Crippen LogP contribution in [0, 0.1) is 0 Å². The second-order valence-corrected chi connectivity index (χ2v) is 8.37. The van der Waals surface area contributed by atoms with Crippen LogP contribution in [0.1, 0.15) is 21.8 Å². The smallest absolute Gasteiger partial charge is 0.254 e. The van der Waals surface area contributed by atoms with Gasteiger partial charge in [0.1, 0.15) is 6.54 Å². The molecule has 2 fully saturated rings. The van der Waals surface area contributed by atoms with E-state index in [0.29, 0.717) is 23.6 Å². The summed E-state index contributed by atoms with van der Waals surface area (Å²) in [5, 5.41) is 9.86. The van der Waals surface area contributed by atoms with Crippen LogP contribution in [0.2, 0.25) is 0 Å². The standard InChI is InChI=1S/C21H19BrN2O5/c22-14-4-1-12(2-5-14)20-15-8-23(9-19(26)24(15)16(20)10-25)21(27)13-3-6-17-18(7-13)29-11-28-17/h1-7,15-16,20,25H,8-11H2/t15-,16+,20-/m1/s1. The average molecular weight is 459 g/mol. The maximum atomic E-state index is 13.1. The average Bonchev–Trinajstić information content (AvgIpc) is 3.18. The Bertz CT molecular complexity index is 980. The number of nitrogens with zero attached hydrogens (tertiary/aromatic N) is 2. The Morgan fingerprint density at radius 3 is 2.66 bits per heavy atom. The fraction of sp³-hybridized carbons (Fsp3) is 0.333. The Labute approximate surface area is 175 Å². The second kappa shape index (κ2) is 7.03. The van der Waals surface area contributed by atoms with Crippen LogP contribution < -0.4 is 9.47 Å². The minimum atomic E-state index is -0.253. The van der Waals surface area contributed by atoms with Gasteiger partial charge in [0, 0.05) is 22.5 Å². The summed E-state index contributed by atoms with van der Waals surface area (Å²) in [7, 11) is 0. The molecule has 3 aliphatic heterocycles. The maximum absolute atomic E-state index is 13.1. The molecule has 0 bridgehead atoms. The second-order valence-electron chi connectivity index (χ2n) is 7.45. The molecule has 29 heavy (non-hydrogen) atoms. The Hall–Kier alpha value is -2.58. The number of piperazine rings is 1. The van der Waals surface area contributed by atoms with Gasteiger partial charge >= 0.3 is 0 Å². The number of hydrogen-bond acceptors (Lipinski definition) is 5. The molecular weight excluding hydrogens is 440 g/mol. The van der Waals surface area contributed by atoms with E-state index < -0.39 is 0 Å². The molecule has 3 heterocycles. The number of ether oxygens (including phenoxy) is 2. The third kappa shape index (κ3) is 2.98. The lowest BCUT2D eigenvalue weighted by Gasteiger charge is -2.58. The van der Waals surface area contributed by atoms with Crippen molar-refractivity contribution in [3.05, 3.63) is 58.1 Å². The van der Waals surface area contributed by atoms with Crippen molar-refractivity contribution in [3.63, 3.8) is 0 Å². The third-order valence-electron chi connectivity index (χ3n) is 5.91. The molecule has 7 nitrogen and oxygen atoms in total. The number of halogens is 1. The summed E-state index contributed by atoms with van der Waals surface area (Å²) in [6, 6.07) is 12.6. The number of carbonyl (C=O) groups excluding carboxylic acids is 2. The molecule has 8 heteroatoms. The summed E-state index contributed by atoms with van der Waals surface area (Å²) < 4.78 is 11.6. The first kappa shape index (κ1) is 18.4. The highest BCUT2D eigenvalue weighted by molar-refractivity contribution is 9.10. The molecule has 0 unspecified atom stereocenters. The SMILES string of the molecule is O=C(c1ccc2c(c1)OCO2)N1CC(=O)N2[C@H](C1)[C@@H](c1ccc(Br)cc1)[C@@H]2CO. The van der Waals surface area contributed by atoms with Crippen LogP contribution >= 0.6 is 15.9 Å². The van der Waals surface area contributed by atoms with E-state index in [1.165, 1.54) is 0 Å². The molecule has 0 aromatic heterocycles. The molecule has 0 aliphatic carbocycles. The highest BCUT2D eigenvalue weighted by Crippen LogP contribution is 2.43. The van der Waals surface area contributed by atoms with Gasteiger partial charge in [-0.3, -0.25) is 9.59 Å². The number of carbonyl (C=O) groups is 2. The normalized spacial score (nSPS) is 24.9. The Balaban J connectivity index is 1.40. The van der Waals surface area contributed by atoms with Gasteiger partial charge in [-0.05, 0) is 35.9 Å². The van der Waals surface area contributed by atoms with Crippen LogP contribution in [0.5, 0.6) is 11.5 Å². The molecule has 0 radical (unpaired) electrons. The van der Waals surface area contributed by atoms with Crippen LogP contribution in [0.3, 0.4) is 0 Å². The molecule has 5 rings (SSSR count). The van der Waals surface area contributed by atoms with Gasteiger partial charge < -0.3 is 24.4 Å². The Kier molecular flexibility index (Phi) is 4.48. The predicted octanol–water partition coefficient (Wildman–Crippen LogP) is 1.99. The number of aliphatic hydroxyl groups is 1. The van der Waals surface area contributed by atoms with E-state index in [4.69, 9.17) is 9.47 Å². The molecule has 0 saturated carbocycles. The molecule has 2 aromatic rings. The van der Waals surface area contributed by atoms with Crippen molar-refractivity contribution in [2.75, 3.05) is 26.5 Å². The number of benzene rings is 2. The third-order valence-corrected chi connectivity index (χ3v) is 6.44. The van der Waals surface area contributed by atoms with Crippen LogP contribution in [-0.2, 0) is 4.79 Å². The zero-order valence-corrected chi connectivity index (χ0v) is 17.0. The summed E-state index contributed by atoms with van der Waals surface area (Å²) in [6.07, 6.45) is 0. The fourth-order valence-corrected chi connectivity index (χ4v) is 4.82. The van der Waals surface area contributed by atoms with Crippen molar-refractivity contribution in [1.29, 1.82) is 0 Å². The quantitative estimate of drug-likeness (QED) is 0.760. The monoisotopic (exact) mass is 458 g/mol. The van der Waals surface area contributed by atoms with Crippen molar-refractivity contribution in [2.45, 2.75) is 18.0 Å². The van der Waals surface area contributed by atoms with Gasteiger partial charge in [-0.15, -0.1) is 0 Å². The molecule has 2 aromatic carbocycles. The highest BCUT2D eigenvalue weighted by atomic mass is 79.9. The summed E-state index contributed by atoms with van der Waals surface area (Å²) in [5.41, 5.74) is 1.52. The van der Waals surface area contributed by atoms with Crippen LogP contribution in [0.15, 0.2) is 46.9 Å². The molecule has 2 saturated heterocycles. The first-order valence-corrected chi connectivity index (χ1v) is 10.2. The van der Waals surface area contributed by atoms with Gasteiger partial charge in [-0.1, -0.05) is 28.1 Å². The molecule has 3 atom stereocenters. The highest BCUT2D eigenvalue weighted by Gasteiger charge is 2.54. The minimum Gasteiger partial charge on any atom is -0.454 e. The van der Waals surface area contributed by atoms with E-state index in [0.717, 1.165) is 10.0 Å². The van der Waals surface area contributed by atoms with E-state index in [9.17, 15) is 14.7 Å². The zero-order chi connectivity index (χ0) is 20.1. The van der Waals surface area contributed by atoms with Crippen LogP contribution in [0.25, 0.3) is 0 Å². The van der Waals surface area contributed by atoms with Gasteiger partial charge in [-0.2, -0.15) is 0 Å². The molecule has 150 valence electrons. The lowest BCUT2D eigenvalue weighted by molar-refractivity contribution is -0.159. The molecule has 3 aliphatic rings. The van der Waals surface area contributed by atoms with Crippen LogP contribution in [-0.4, -0.2) is 65.3 Å². The largest absolute Gasteiger partial charge is 0.454 e. The van der Waals surface area contributed by atoms with Gasteiger partial charge in [0.25, 0.3) is 5.91 Å². The summed E-state index contributed by atoms with van der Waals surface area (Å²) >= 11 is 3.43. The van der Waals surface area contributed by atoms with E-state index in [1.807, 2.05) is 24.3 Å². The molecule has 0 spiro atoms. The number of aliphatic hydroxyl groups excluding tert-OH is 1. The first-order chi connectivity index (χ1) is 14.1. The predicted molar refractivity (Wildman–Crippen MR) is 107 cm³/mol. The van der Waals surface area contributed by atoms with Crippen molar-refractivity contribution in [3.8, 4) is 11.5 Å². The molecule has 2 amide bonds. The summed E-state index contributed by atoms with van der Waals surface area (Å²) in [5.74, 6) is 0.797. The van der Waals surface area contributed by atoms with Crippen molar-refractivity contribution < 1.29 is 24.2 Å².